The number of benzene rings is 2. The molecule has 1 aromatic heterocycles. The number of hydrogen-bond acceptors (Lipinski definition) is 6. The lowest BCUT2D eigenvalue weighted by atomic mass is 9.99. The van der Waals surface area contributed by atoms with Crippen molar-refractivity contribution in [2.45, 2.75) is 30.2 Å². The Hall–Kier alpha value is -2.88. The Balaban J connectivity index is 1.36. The van der Waals surface area contributed by atoms with Crippen LogP contribution in [0.1, 0.15) is 18.4 Å². The molecule has 10 heteroatoms. The van der Waals surface area contributed by atoms with E-state index in [1.54, 1.807) is 40.7 Å². The Morgan fingerprint density at radius 3 is 2.71 bits per heavy atom. The molecule has 0 radical (unpaired) electrons. The second-order valence-corrected chi connectivity index (χ2v) is 11.7. The molecule has 2 aliphatic rings. The fourth-order valence-electron chi connectivity index (χ4n) is 4.79. The quantitative estimate of drug-likeness (QED) is 0.414. The van der Waals surface area contributed by atoms with Gasteiger partial charge in [-0.2, -0.15) is 0 Å². The number of halogens is 1. The van der Waals surface area contributed by atoms with Gasteiger partial charge in [0.2, 0.25) is 5.91 Å². The highest BCUT2D eigenvalue weighted by molar-refractivity contribution is 7.93. The Morgan fingerprint density at radius 2 is 2.00 bits per heavy atom. The van der Waals surface area contributed by atoms with Crippen molar-refractivity contribution >= 4 is 55.4 Å². The summed E-state index contributed by atoms with van der Waals surface area (Å²) < 4.78 is 27.8. The van der Waals surface area contributed by atoms with E-state index in [2.05, 4.69) is 16.5 Å². The van der Waals surface area contributed by atoms with Gasteiger partial charge in [0.1, 0.15) is 6.04 Å². The van der Waals surface area contributed by atoms with Crippen LogP contribution in [-0.4, -0.2) is 45.0 Å². The predicted molar refractivity (Wildman–Crippen MR) is 141 cm³/mol. The van der Waals surface area contributed by atoms with Crippen LogP contribution in [0.15, 0.2) is 71.6 Å². The van der Waals surface area contributed by atoms with Crippen LogP contribution in [0.5, 0.6) is 0 Å². The van der Waals surface area contributed by atoms with Crippen molar-refractivity contribution in [2.75, 3.05) is 33.7 Å². The van der Waals surface area contributed by atoms with Gasteiger partial charge in [-0.15, -0.1) is 17.9 Å². The van der Waals surface area contributed by atoms with Crippen molar-refractivity contribution in [1.82, 2.24) is 4.98 Å². The summed E-state index contributed by atoms with van der Waals surface area (Å²) in [5.74, 6) is 0.0273. The second-order valence-electron chi connectivity index (χ2n) is 8.50. The maximum atomic E-state index is 13.4. The number of sulfonamides is 1. The maximum Gasteiger partial charge on any atom is 0.266 e. The zero-order valence-electron chi connectivity index (χ0n) is 19.0. The number of aryl methyl sites for hydroxylation is 1. The highest BCUT2D eigenvalue weighted by Gasteiger charge is 2.38. The Bertz CT molecular complexity index is 1340. The molecule has 1 atom stereocenters. The summed E-state index contributed by atoms with van der Waals surface area (Å²) in [6.45, 7) is 5.20. The van der Waals surface area contributed by atoms with Gasteiger partial charge in [-0.1, -0.05) is 17.7 Å². The van der Waals surface area contributed by atoms with Gasteiger partial charge in [0.15, 0.2) is 5.13 Å². The molecule has 2 aliphatic heterocycles. The zero-order chi connectivity index (χ0) is 24.6. The molecule has 35 heavy (non-hydrogen) atoms. The van der Waals surface area contributed by atoms with E-state index in [1.807, 2.05) is 18.2 Å². The molecule has 0 spiro atoms. The minimum Gasteiger partial charge on any atom is -0.359 e. The minimum atomic E-state index is -3.82. The first-order chi connectivity index (χ1) is 16.9. The Kier molecular flexibility index (Phi) is 6.57. The number of carbonyl (C=O) groups is 1. The van der Waals surface area contributed by atoms with Gasteiger partial charge in [-0.25, -0.2) is 17.7 Å². The van der Waals surface area contributed by atoms with Crippen LogP contribution < -0.4 is 14.1 Å². The molecular formula is C25H25ClN4O3S2. The van der Waals surface area contributed by atoms with Crippen molar-refractivity contribution in [1.29, 1.82) is 0 Å². The van der Waals surface area contributed by atoms with Crippen molar-refractivity contribution < 1.29 is 13.2 Å². The number of anilines is 3. The summed E-state index contributed by atoms with van der Waals surface area (Å²) in [6, 6.07) is 12.1. The first kappa shape index (κ1) is 23.8. The van der Waals surface area contributed by atoms with Crippen LogP contribution in [0.3, 0.4) is 0 Å². The SMILES string of the molecule is C=CCN(c1nccs1)S(=O)(=O)c1ccc(N2CCC(N3CCCc4cc(Cl)ccc43)C2=O)cc1. The molecule has 3 heterocycles. The first-order valence-corrected chi connectivity index (χ1v) is 14.1. The summed E-state index contributed by atoms with van der Waals surface area (Å²) in [7, 11) is -3.82. The number of rotatable bonds is 7. The van der Waals surface area contributed by atoms with Crippen LogP contribution in [0.2, 0.25) is 5.02 Å². The van der Waals surface area contributed by atoms with Crippen LogP contribution >= 0.6 is 22.9 Å². The van der Waals surface area contributed by atoms with E-state index in [4.69, 9.17) is 11.6 Å². The van der Waals surface area contributed by atoms with Crippen LogP contribution in [0, 0.1) is 0 Å². The third-order valence-corrected chi connectivity index (χ3v) is 9.33. The standard InChI is InChI=1S/C25H25ClN4O3S2/c1-2-13-30(25-27-12-16-34-25)35(32,33)21-8-6-20(7-9-21)28-15-11-23(24(28)31)29-14-3-4-18-17-19(26)5-10-22(18)29/h2,5-10,12,16-17,23H,1,3-4,11,13-15H2. The second kappa shape index (κ2) is 9.64. The average molecular weight is 529 g/mol. The highest BCUT2D eigenvalue weighted by atomic mass is 35.5. The summed E-state index contributed by atoms with van der Waals surface area (Å²) in [4.78, 5) is 21.6. The largest absolute Gasteiger partial charge is 0.359 e. The number of nitrogens with zero attached hydrogens (tertiary/aromatic N) is 4. The molecule has 7 nitrogen and oxygen atoms in total. The van der Waals surface area contributed by atoms with Gasteiger partial charge >= 0.3 is 0 Å². The van der Waals surface area contributed by atoms with E-state index in [0.29, 0.717) is 28.8 Å². The Morgan fingerprint density at radius 1 is 1.20 bits per heavy atom. The first-order valence-electron chi connectivity index (χ1n) is 11.4. The number of carbonyl (C=O) groups excluding carboxylic acids is 1. The molecule has 0 aliphatic carbocycles. The van der Waals surface area contributed by atoms with Gasteiger partial charge in [-0.3, -0.25) is 4.79 Å². The van der Waals surface area contributed by atoms with Crippen molar-refractivity contribution in [3.05, 3.63) is 77.3 Å². The normalized spacial score (nSPS) is 18.0. The van der Waals surface area contributed by atoms with Crippen LogP contribution in [0.4, 0.5) is 16.5 Å². The fourth-order valence-corrected chi connectivity index (χ4v) is 7.25. The number of hydrogen-bond donors (Lipinski definition) is 0. The van der Waals surface area contributed by atoms with Gasteiger partial charge < -0.3 is 9.80 Å². The summed E-state index contributed by atoms with van der Waals surface area (Å²) in [6.07, 6.45) is 5.74. The van der Waals surface area contributed by atoms with E-state index in [1.165, 1.54) is 27.3 Å². The molecule has 0 bridgehead atoms. The molecule has 5 rings (SSSR count). The lowest BCUT2D eigenvalue weighted by Gasteiger charge is -2.35. The van der Waals surface area contributed by atoms with Gasteiger partial charge in [-0.05, 0) is 67.3 Å². The number of amides is 1. The number of thiazole rings is 1. The molecule has 1 fully saturated rings. The minimum absolute atomic E-state index is 0.0273. The van der Waals surface area contributed by atoms with Crippen molar-refractivity contribution in [3.63, 3.8) is 0 Å². The molecule has 1 saturated heterocycles. The monoisotopic (exact) mass is 528 g/mol. The lowest BCUT2D eigenvalue weighted by molar-refractivity contribution is -0.118. The summed E-state index contributed by atoms with van der Waals surface area (Å²) >= 11 is 7.43. The average Bonchev–Trinajstić information content (AvgIpc) is 3.52. The number of fused-ring (bicyclic) bond motifs is 1. The zero-order valence-corrected chi connectivity index (χ0v) is 21.4. The molecular weight excluding hydrogens is 504 g/mol. The van der Waals surface area contributed by atoms with E-state index in [0.717, 1.165) is 25.1 Å². The third-order valence-electron chi connectivity index (χ3n) is 6.41. The van der Waals surface area contributed by atoms with E-state index in [-0.39, 0.29) is 23.4 Å². The molecule has 1 unspecified atom stereocenters. The molecule has 3 aromatic rings. The highest BCUT2D eigenvalue weighted by Crippen LogP contribution is 2.35. The third kappa shape index (κ3) is 4.44. The predicted octanol–water partition coefficient (Wildman–Crippen LogP) is 4.74. The lowest BCUT2D eigenvalue weighted by Crippen LogP contribution is -2.44. The summed E-state index contributed by atoms with van der Waals surface area (Å²) in [5, 5.41) is 2.82. The van der Waals surface area contributed by atoms with Gasteiger partial charge in [0.05, 0.1) is 11.4 Å². The van der Waals surface area contributed by atoms with Crippen LogP contribution in [-0.2, 0) is 21.2 Å². The molecule has 2 aromatic carbocycles. The van der Waals surface area contributed by atoms with Crippen molar-refractivity contribution in [3.8, 4) is 0 Å². The Labute approximate surface area is 214 Å². The fraction of sp³-hybridized carbons (Fsp3) is 0.280. The van der Waals surface area contributed by atoms with Crippen molar-refractivity contribution in [2.24, 2.45) is 0 Å². The molecule has 0 N–H and O–H groups in total. The van der Waals surface area contributed by atoms with E-state index < -0.39 is 10.0 Å². The smallest absolute Gasteiger partial charge is 0.266 e. The van der Waals surface area contributed by atoms with Gasteiger partial charge in [0, 0.05) is 41.1 Å². The maximum absolute atomic E-state index is 13.4. The van der Waals surface area contributed by atoms with Gasteiger partial charge in [0.25, 0.3) is 10.0 Å². The molecule has 182 valence electrons. The number of aromatic nitrogens is 1. The van der Waals surface area contributed by atoms with Crippen LogP contribution in [0.25, 0.3) is 0 Å². The molecule has 1 amide bonds. The molecule has 0 saturated carbocycles. The van der Waals surface area contributed by atoms with E-state index in [9.17, 15) is 13.2 Å². The summed E-state index contributed by atoms with van der Waals surface area (Å²) in [5.41, 5.74) is 2.94. The van der Waals surface area contributed by atoms with E-state index >= 15 is 0 Å². The topological polar surface area (TPSA) is 73.8 Å².